The Morgan fingerprint density at radius 3 is 3.00 bits per heavy atom. The van der Waals surface area contributed by atoms with Crippen LogP contribution in [0.15, 0.2) is 0 Å². The van der Waals surface area contributed by atoms with E-state index in [2.05, 4.69) is 10.1 Å². The lowest BCUT2D eigenvalue weighted by Crippen LogP contribution is -2.21. The Hall–Kier alpha value is -1.08. The van der Waals surface area contributed by atoms with Gasteiger partial charge in [-0.25, -0.2) is 0 Å². The molecule has 0 spiro atoms. The maximum Gasteiger partial charge on any atom is 0.306 e. The smallest absolute Gasteiger partial charge is 0.306 e. The van der Waals surface area contributed by atoms with Crippen LogP contribution in [0.3, 0.4) is 0 Å². The van der Waals surface area contributed by atoms with Crippen molar-refractivity contribution in [2.24, 2.45) is 0 Å². The Kier molecular flexibility index (Phi) is 6.34. The Balaban J connectivity index is 3.03. The van der Waals surface area contributed by atoms with Crippen molar-refractivity contribution in [3.63, 3.8) is 0 Å². The molecule has 0 radical (unpaired) electrons. The zero-order valence-corrected chi connectivity index (χ0v) is 6.59. The topological polar surface area (TPSA) is 62.1 Å². The number of ether oxygens (including phenoxy) is 1. The number of hydrogen-bond donors (Lipinski definition) is 1. The summed E-state index contributed by atoms with van der Waals surface area (Å²) < 4.78 is 4.68. The van der Waals surface area contributed by atoms with Crippen molar-refractivity contribution in [2.45, 2.75) is 19.8 Å². The largest absolute Gasteiger partial charge is 0.450 e. The summed E-state index contributed by atoms with van der Waals surface area (Å²) in [6, 6.07) is 1.97. The highest BCUT2D eigenvalue weighted by atomic mass is 16.5. The Bertz CT molecular complexity index is 151. The van der Waals surface area contributed by atoms with Gasteiger partial charge in [-0.1, -0.05) is 6.92 Å². The molecule has 0 aliphatic heterocycles. The van der Waals surface area contributed by atoms with Crippen molar-refractivity contribution in [1.82, 2.24) is 5.32 Å². The lowest BCUT2D eigenvalue weighted by molar-refractivity contribution is -0.143. The number of nitrogens with one attached hydrogen (secondary N) is 1. The van der Waals surface area contributed by atoms with Crippen LogP contribution >= 0.6 is 0 Å². The quantitative estimate of drug-likeness (QED) is 0.355. The van der Waals surface area contributed by atoms with Crippen molar-refractivity contribution in [2.75, 3.05) is 13.3 Å². The molecule has 0 saturated carbocycles. The van der Waals surface area contributed by atoms with Crippen LogP contribution in [0.25, 0.3) is 0 Å². The van der Waals surface area contributed by atoms with E-state index in [4.69, 9.17) is 5.26 Å². The van der Waals surface area contributed by atoms with Gasteiger partial charge >= 0.3 is 5.97 Å². The van der Waals surface area contributed by atoms with Gasteiger partial charge in [0.15, 0.2) is 0 Å². The van der Waals surface area contributed by atoms with Crippen LogP contribution < -0.4 is 5.32 Å². The maximum absolute atomic E-state index is 10.5. The summed E-state index contributed by atoms with van der Waals surface area (Å²) >= 11 is 0. The van der Waals surface area contributed by atoms with Crippen molar-refractivity contribution < 1.29 is 9.53 Å². The number of hydrogen-bond acceptors (Lipinski definition) is 4. The van der Waals surface area contributed by atoms with Crippen molar-refractivity contribution in [3.05, 3.63) is 0 Å². The number of nitrogens with zero attached hydrogens (tertiary/aromatic N) is 1. The molecule has 0 aliphatic carbocycles. The molecule has 4 heteroatoms. The molecule has 0 rings (SSSR count). The van der Waals surface area contributed by atoms with Gasteiger partial charge in [0.2, 0.25) is 0 Å². The van der Waals surface area contributed by atoms with E-state index in [1.165, 1.54) is 0 Å². The second-order valence-corrected chi connectivity index (χ2v) is 1.92. The third kappa shape index (κ3) is 6.81. The van der Waals surface area contributed by atoms with Gasteiger partial charge in [0, 0.05) is 19.4 Å². The third-order valence-electron chi connectivity index (χ3n) is 1.04. The minimum absolute atomic E-state index is 0.203. The zero-order chi connectivity index (χ0) is 8.53. The number of rotatable bonds is 5. The summed E-state index contributed by atoms with van der Waals surface area (Å²) in [7, 11) is 0. The summed E-state index contributed by atoms with van der Waals surface area (Å²) in [5.74, 6) is -0.227. The number of esters is 1. The van der Waals surface area contributed by atoms with E-state index in [-0.39, 0.29) is 12.7 Å². The normalized spacial score (nSPS) is 8.73. The molecule has 11 heavy (non-hydrogen) atoms. The monoisotopic (exact) mass is 156 g/mol. The molecule has 0 unspecified atom stereocenters. The van der Waals surface area contributed by atoms with E-state index >= 15 is 0 Å². The lowest BCUT2D eigenvalue weighted by Gasteiger charge is -2.02. The zero-order valence-electron chi connectivity index (χ0n) is 6.59. The SMILES string of the molecule is CCC(=O)OCNCCC#N. The summed E-state index contributed by atoms with van der Waals surface area (Å²) in [6.07, 6.45) is 0.823. The predicted molar refractivity (Wildman–Crippen MR) is 39.5 cm³/mol. The van der Waals surface area contributed by atoms with Crippen LogP contribution in [0.1, 0.15) is 19.8 Å². The lowest BCUT2D eigenvalue weighted by atomic mass is 10.5. The highest BCUT2D eigenvalue weighted by molar-refractivity contribution is 5.68. The van der Waals surface area contributed by atoms with Gasteiger partial charge in [0.1, 0.15) is 6.73 Å². The second-order valence-electron chi connectivity index (χ2n) is 1.92. The van der Waals surface area contributed by atoms with Gasteiger partial charge in [0.25, 0.3) is 0 Å². The Morgan fingerprint density at radius 1 is 1.73 bits per heavy atom. The second kappa shape index (κ2) is 7.03. The van der Waals surface area contributed by atoms with Crippen LogP contribution in [0.4, 0.5) is 0 Å². The molecule has 0 bridgehead atoms. The Morgan fingerprint density at radius 2 is 2.45 bits per heavy atom. The third-order valence-corrected chi connectivity index (χ3v) is 1.04. The van der Waals surface area contributed by atoms with Crippen molar-refractivity contribution in [1.29, 1.82) is 5.26 Å². The van der Waals surface area contributed by atoms with E-state index in [9.17, 15) is 4.79 Å². The fourth-order valence-corrected chi connectivity index (χ4v) is 0.450. The molecule has 0 aromatic carbocycles. The molecule has 1 N–H and O–H groups in total. The highest BCUT2D eigenvalue weighted by Gasteiger charge is 1.95. The minimum Gasteiger partial charge on any atom is -0.450 e. The van der Waals surface area contributed by atoms with Gasteiger partial charge in [-0.2, -0.15) is 5.26 Å². The molecule has 4 nitrogen and oxygen atoms in total. The molecular weight excluding hydrogens is 144 g/mol. The van der Waals surface area contributed by atoms with Crippen molar-refractivity contribution >= 4 is 5.97 Å². The summed E-state index contributed by atoms with van der Waals surface area (Å²) in [5.41, 5.74) is 0. The summed E-state index contributed by atoms with van der Waals surface area (Å²) in [4.78, 5) is 10.5. The average molecular weight is 156 g/mol. The number of carbonyl (C=O) groups excluding carboxylic acids is 1. The molecule has 0 aromatic rings. The molecule has 0 fully saturated rings. The molecule has 0 atom stereocenters. The summed E-state index contributed by atoms with van der Waals surface area (Å²) in [5, 5.41) is 10.9. The van der Waals surface area contributed by atoms with Crippen LogP contribution in [-0.4, -0.2) is 19.2 Å². The average Bonchev–Trinajstić information content (AvgIpc) is 2.04. The van der Waals surface area contributed by atoms with Crippen LogP contribution in [-0.2, 0) is 9.53 Å². The molecule has 62 valence electrons. The van der Waals surface area contributed by atoms with Crippen LogP contribution in [0.2, 0.25) is 0 Å². The van der Waals surface area contributed by atoms with Crippen LogP contribution in [0, 0.1) is 11.3 Å². The first-order valence-corrected chi connectivity index (χ1v) is 3.54. The Labute approximate surface area is 66.1 Å². The van der Waals surface area contributed by atoms with Gasteiger partial charge in [-0.15, -0.1) is 0 Å². The molecule has 0 amide bonds. The molecule has 0 aromatic heterocycles. The van der Waals surface area contributed by atoms with Gasteiger partial charge in [-0.3, -0.25) is 10.1 Å². The van der Waals surface area contributed by atoms with E-state index in [0.29, 0.717) is 19.4 Å². The molecule has 0 saturated heterocycles. The van der Waals surface area contributed by atoms with E-state index in [1.54, 1.807) is 6.92 Å². The fourth-order valence-electron chi connectivity index (χ4n) is 0.450. The van der Waals surface area contributed by atoms with Crippen LogP contribution in [0.5, 0.6) is 0 Å². The molecular formula is C7H12N2O2. The maximum atomic E-state index is 10.5. The highest BCUT2D eigenvalue weighted by Crippen LogP contribution is 1.81. The predicted octanol–water partition coefficient (Wildman–Crippen LogP) is 0.400. The van der Waals surface area contributed by atoms with Crippen molar-refractivity contribution in [3.8, 4) is 6.07 Å². The molecule has 0 aliphatic rings. The first-order valence-electron chi connectivity index (χ1n) is 3.54. The standard InChI is InChI=1S/C7H12N2O2/c1-2-7(10)11-6-9-5-3-4-8/h9H,2-3,5-6H2,1H3. The first-order chi connectivity index (χ1) is 5.31. The van der Waals surface area contributed by atoms with E-state index in [0.717, 1.165) is 0 Å². The van der Waals surface area contributed by atoms with Gasteiger partial charge in [-0.05, 0) is 0 Å². The van der Waals surface area contributed by atoms with E-state index in [1.807, 2.05) is 6.07 Å². The minimum atomic E-state index is -0.227. The number of carbonyl (C=O) groups is 1. The number of nitriles is 1. The summed E-state index contributed by atoms with van der Waals surface area (Å²) in [6.45, 7) is 2.50. The fraction of sp³-hybridized carbons (Fsp3) is 0.714. The first kappa shape index (κ1) is 9.92. The molecule has 0 heterocycles. The van der Waals surface area contributed by atoms with Gasteiger partial charge in [0.05, 0.1) is 6.07 Å². The van der Waals surface area contributed by atoms with Gasteiger partial charge < -0.3 is 4.74 Å². The van der Waals surface area contributed by atoms with E-state index < -0.39 is 0 Å².